The van der Waals surface area contributed by atoms with E-state index in [4.69, 9.17) is 5.11 Å². The normalized spacial score (nSPS) is 11.7. The number of urea groups is 1. The Kier molecular flexibility index (Phi) is 5.35. The predicted octanol–water partition coefficient (Wildman–Crippen LogP) is 2.05. The molecule has 7 heteroatoms. The van der Waals surface area contributed by atoms with Crippen molar-refractivity contribution in [2.45, 2.75) is 19.4 Å². The molecule has 0 radical (unpaired) electrons. The zero-order valence-electron chi connectivity index (χ0n) is 13.1. The van der Waals surface area contributed by atoms with Crippen LogP contribution in [0.5, 0.6) is 0 Å². The van der Waals surface area contributed by atoms with Gasteiger partial charge in [0.05, 0.1) is 12.5 Å². The zero-order chi connectivity index (χ0) is 16.8. The maximum atomic E-state index is 12.1. The van der Waals surface area contributed by atoms with Crippen molar-refractivity contribution >= 4 is 12.0 Å². The molecule has 2 rings (SSSR count). The number of carbonyl (C=O) groups excluding carboxylic acids is 1. The lowest BCUT2D eigenvalue weighted by Crippen LogP contribution is -2.40. The fraction of sp³-hybridized carbons (Fsp3) is 0.312. The smallest absolute Gasteiger partial charge is 0.317 e. The van der Waals surface area contributed by atoms with E-state index < -0.39 is 5.97 Å². The van der Waals surface area contributed by atoms with Crippen molar-refractivity contribution in [2.75, 3.05) is 13.6 Å². The fourth-order valence-corrected chi connectivity index (χ4v) is 2.17. The van der Waals surface area contributed by atoms with Crippen LogP contribution in [0, 0.1) is 0 Å². The van der Waals surface area contributed by atoms with Gasteiger partial charge >= 0.3 is 12.0 Å². The summed E-state index contributed by atoms with van der Waals surface area (Å²) in [5, 5.41) is 11.5. The number of nitrogens with one attached hydrogen (secondary N) is 1. The molecule has 2 aromatic rings. The molecule has 23 heavy (non-hydrogen) atoms. The minimum Gasteiger partial charge on any atom is -0.481 e. The quantitative estimate of drug-likeness (QED) is 0.854. The molecule has 122 valence electrons. The Morgan fingerprint density at radius 2 is 2.04 bits per heavy atom. The molecule has 0 saturated heterocycles. The summed E-state index contributed by atoms with van der Waals surface area (Å²) in [5.74, 6) is -0.228. The van der Waals surface area contributed by atoms with Gasteiger partial charge in [0.25, 0.3) is 0 Å². The van der Waals surface area contributed by atoms with Gasteiger partial charge in [-0.2, -0.15) is 0 Å². The maximum absolute atomic E-state index is 12.1. The molecule has 1 heterocycles. The summed E-state index contributed by atoms with van der Waals surface area (Å²) in [6.07, 6.45) is 3.43. The van der Waals surface area contributed by atoms with Gasteiger partial charge < -0.3 is 19.9 Å². The van der Waals surface area contributed by atoms with E-state index in [1.54, 1.807) is 13.2 Å². The highest BCUT2D eigenvalue weighted by atomic mass is 16.4. The number of amides is 2. The maximum Gasteiger partial charge on any atom is 0.317 e. The van der Waals surface area contributed by atoms with Crippen LogP contribution < -0.4 is 5.32 Å². The van der Waals surface area contributed by atoms with E-state index in [0.717, 1.165) is 5.69 Å². The van der Waals surface area contributed by atoms with Crippen LogP contribution in [0.15, 0.2) is 42.7 Å². The standard InChI is InChI=1S/C16H20N4O3/c1-12(18-16(23)19(2)10-8-14(21)22)15-17-9-11-20(15)13-6-4-3-5-7-13/h3-7,9,11-12H,8,10H2,1-2H3,(H,18,23)(H,21,22). The van der Waals surface area contributed by atoms with Crippen molar-refractivity contribution in [3.05, 3.63) is 48.5 Å². The molecule has 2 N–H and O–H groups in total. The summed E-state index contributed by atoms with van der Waals surface area (Å²) in [4.78, 5) is 28.3. The first-order valence-electron chi connectivity index (χ1n) is 7.31. The van der Waals surface area contributed by atoms with E-state index in [0.29, 0.717) is 5.82 Å². The third-order valence-corrected chi connectivity index (χ3v) is 3.44. The molecule has 0 aliphatic heterocycles. The first-order chi connectivity index (χ1) is 11.0. The van der Waals surface area contributed by atoms with E-state index in [1.165, 1.54) is 4.90 Å². The number of aromatic nitrogens is 2. The van der Waals surface area contributed by atoms with Gasteiger partial charge in [0, 0.05) is 31.7 Å². The minimum atomic E-state index is -0.933. The molecule has 0 aliphatic rings. The molecular weight excluding hydrogens is 296 g/mol. The minimum absolute atomic E-state index is 0.0864. The number of carboxylic acids is 1. The lowest BCUT2D eigenvalue weighted by molar-refractivity contribution is -0.137. The van der Waals surface area contributed by atoms with E-state index in [9.17, 15) is 9.59 Å². The molecule has 7 nitrogen and oxygen atoms in total. The van der Waals surface area contributed by atoms with Crippen LogP contribution in [0.1, 0.15) is 25.2 Å². The van der Waals surface area contributed by atoms with Crippen LogP contribution in [-0.4, -0.2) is 45.2 Å². The van der Waals surface area contributed by atoms with Crippen molar-refractivity contribution in [1.82, 2.24) is 19.8 Å². The van der Waals surface area contributed by atoms with E-state index in [-0.39, 0.29) is 25.0 Å². The van der Waals surface area contributed by atoms with Crippen molar-refractivity contribution in [2.24, 2.45) is 0 Å². The first kappa shape index (κ1) is 16.5. The highest BCUT2D eigenvalue weighted by Crippen LogP contribution is 2.16. The summed E-state index contributed by atoms with van der Waals surface area (Å²) in [5.41, 5.74) is 0.959. The Bertz CT molecular complexity index is 669. The number of rotatable bonds is 6. The van der Waals surface area contributed by atoms with Gasteiger partial charge in [-0.25, -0.2) is 9.78 Å². The van der Waals surface area contributed by atoms with Crippen molar-refractivity contribution in [3.63, 3.8) is 0 Å². The third kappa shape index (κ3) is 4.32. The Labute approximate surface area is 134 Å². The van der Waals surface area contributed by atoms with Crippen LogP contribution in [0.3, 0.4) is 0 Å². The summed E-state index contributed by atoms with van der Waals surface area (Å²) in [7, 11) is 1.56. The molecule has 0 bridgehead atoms. The lowest BCUT2D eigenvalue weighted by Gasteiger charge is -2.21. The Hall–Kier alpha value is -2.83. The van der Waals surface area contributed by atoms with Crippen LogP contribution >= 0.6 is 0 Å². The second kappa shape index (κ2) is 7.44. The summed E-state index contributed by atoms with van der Waals surface area (Å²) < 4.78 is 1.90. The first-order valence-corrected chi connectivity index (χ1v) is 7.31. The molecule has 1 atom stereocenters. The fourth-order valence-electron chi connectivity index (χ4n) is 2.17. The number of nitrogens with zero attached hydrogens (tertiary/aromatic N) is 3. The predicted molar refractivity (Wildman–Crippen MR) is 85.4 cm³/mol. The van der Waals surface area contributed by atoms with Crippen molar-refractivity contribution < 1.29 is 14.7 Å². The number of carboxylic acid groups (broad SMARTS) is 1. The average Bonchev–Trinajstić information content (AvgIpc) is 3.03. The van der Waals surface area contributed by atoms with E-state index in [1.807, 2.05) is 48.0 Å². The zero-order valence-corrected chi connectivity index (χ0v) is 13.1. The van der Waals surface area contributed by atoms with Crippen LogP contribution in [0.25, 0.3) is 5.69 Å². The van der Waals surface area contributed by atoms with Gasteiger partial charge in [0.2, 0.25) is 0 Å². The summed E-state index contributed by atoms with van der Waals surface area (Å²) in [6.45, 7) is 1.99. The summed E-state index contributed by atoms with van der Waals surface area (Å²) in [6, 6.07) is 9.07. The Morgan fingerprint density at radius 1 is 1.35 bits per heavy atom. The lowest BCUT2D eigenvalue weighted by atomic mass is 10.2. The molecule has 0 fully saturated rings. The van der Waals surface area contributed by atoms with Gasteiger partial charge in [0.1, 0.15) is 5.82 Å². The largest absolute Gasteiger partial charge is 0.481 e. The van der Waals surface area contributed by atoms with Gasteiger partial charge in [0.15, 0.2) is 0 Å². The Balaban J connectivity index is 2.04. The monoisotopic (exact) mass is 316 g/mol. The number of aliphatic carboxylic acids is 1. The number of carbonyl (C=O) groups is 2. The summed E-state index contributed by atoms with van der Waals surface area (Å²) >= 11 is 0. The van der Waals surface area contributed by atoms with Crippen LogP contribution in [0.2, 0.25) is 0 Å². The molecule has 0 saturated carbocycles. The molecule has 1 aromatic heterocycles. The third-order valence-electron chi connectivity index (χ3n) is 3.44. The number of imidazole rings is 1. The van der Waals surface area contributed by atoms with Crippen LogP contribution in [0.4, 0.5) is 4.79 Å². The van der Waals surface area contributed by atoms with Gasteiger partial charge in [-0.3, -0.25) is 4.79 Å². The molecule has 0 spiro atoms. The van der Waals surface area contributed by atoms with E-state index >= 15 is 0 Å². The Morgan fingerprint density at radius 3 is 2.70 bits per heavy atom. The molecular formula is C16H20N4O3. The van der Waals surface area contributed by atoms with Gasteiger partial charge in [-0.1, -0.05) is 18.2 Å². The number of benzene rings is 1. The van der Waals surface area contributed by atoms with Crippen molar-refractivity contribution in [3.8, 4) is 5.69 Å². The van der Waals surface area contributed by atoms with Crippen LogP contribution in [-0.2, 0) is 4.79 Å². The van der Waals surface area contributed by atoms with Gasteiger partial charge in [-0.05, 0) is 19.1 Å². The average molecular weight is 316 g/mol. The highest BCUT2D eigenvalue weighted by molar-refractivity contribution is 5.75. The highest BCUT2D eigenvalue weighted by Gasteiger charge is 2.18. The number of hydrogen-bond acceptors (Lipinski definition) is 3. The number of para-hydroxylation sites is 1. The molecule has 2 amide bonds. The second-order valence-electron chi connectivity index (χ2n) is 5.23. The molecule has 1 unspecified atom stereocenters. The van der Waals surface area contributed by atoms with Crippen molar-refractivity contribution in [1.29, 1.82) is 0 Å². The topological polar surface area (TPSA) is 87.5 Å². The molecule has 1 aromatic carbocycles. The number of hydrogen-bond donors (Lipinski definition) is 2. The second-order valence-corrected chi connectivity index (χ2v) is 5.23. The molecule has 0 aliphatic carbocycles. The van der Waals surface area contributed by atoms with E-state index in [2.05, 4.69) is 10.3 Å². The van der Waals surface area contributed by atoms with Gasteiger partial charge in [-0.15, -0.1) is 0 Å². The SMILES string of the molecule is CC(NC(=O)N(C)CCC(=O)O)c1nccn1-c1ccccc1.